The number of likely N-dealkylation sites (tertiary alicyclic amines) is 1. The third kappa shape index (κ3) is 3.73. The summed E-state index contributed by atoms with van der Waals surface area (Å²) in [6, 6.07) is 3.01. The van der Waals surface area contributed by atoms with E-state index in [0.29, 0.717) is 0 Å². The van der Waals surface area contributed by atoms with Crippen molar-refractivity contribution in [2.24, 2.45) is 11.1 Å². The molecule has 0 spiro atoms. The molecule has 1 amide bonds. The van der Waals surface area contributed by atoms with Crippen LogP contribution in [-0.4, -0.2) is 31.5 Å². The third-order valence-corrected chi connectivity index (χ3v) is 4.07. The maximum absolute atomic E-state index is 13.5. The number of hydrogen-bond donors (Lipinski definition) is 1. The fourth-order valence-corrected chi connectivity index (χ4v) is 3.20. The number of sulfonamides is 1. The van der Waals surface area contributed by atoms with Gasteiger partial charge in [-0.25, -0.2) is 22.3 Å². The van der Waals surface area contributed by atoms with Gasteiger partial charge in [-0.05, 0) is 18.2 Å². The summed E-state index contributed by atoms with van der Waals surface area (Å²) in [6.45, 7) is 0.0920. The molecule has 1 aliphatic rings. The summed E-state index contributed by atoms with van der Waals surface area (Å²) < 4.78 is 48.5. The van der Waals surface area contributed by atoms with E-state index in [4.69, 9.17) is 5.14 Å². The molecule has 1 atom stereocenters. The van der Waals surface area contributed by atoms with E-state index in [1.165, 1.54) is 4.90 Å². The second kappa shape index (κ2) is 5.45. The topological polar surface area (TPSA) is 80.5 Å². The van der Waals surface area contributed by atoms with Crippen molar-refractivity contribution in [1.29, 1.82) is 0 Å². The van der Waals surface area contributed by atoms with Gasteiger partial charge in [-0.1, -0.05) is 0 Å². The van der Waals surface area contributed by atoms with Gasteiger partial charge in [0.1, 0.15) is 11.6 Å². The van der Waals surface area contributed by atoms with Gasteiger partial charge >= 0.3 is 0 Å². The quantitative estimate of drug-likeness (QED) is 0.884. The van der Waals surface area contributed by atoms with Crippen LogP contribution in [0.5, 0.6) is 0 Å². The minimum Gasteiger partial charge on any atom is -0.338 e. The normalized spacial score (nSPS) is 19.6. The van der Waals surface area contributed by atoms with Gasteiger partial charge in [0.15, 0.2) is 0 Å². The molecule has 2 N–H and O–H groups in total. The number of halogens is 2. The summed E-state index contributed by atoms with van der Waals surface area (Å²) in [6.07, 6.45) is 0.0490. The van der Waals surface area contributed by atoms with Gasteiger partial charge < -0.3 is 4.90 Å². The fraction of sp³-hybridized carbons (Fsp3) is 0.417. The van der Waals surface area contributed by atoms with Crippen LogP contribution in [0.15, 0.2) is 18.2 Å². The van der Waals surface area contributed by atoms with Crippen LogP contribution in [0.1, 0.15) is 12.0 Å². The first-order chi connectivity index (χ1) is 9.24. The number of rotatable bonds is 4. The number of amides is 1. The lowest BCUT2D eigenvalue weighted by atomic mass is 10.1. The van der Waals surface area contributed by atoms with Gasteiger partial charge in [0, 0.05) is 31.0 Å². The Morgan fingerprint density at radius 2 is 2.05 bits per heavy atom. The highest BCUT2D eigenvalue weighted by Crippen LogP contribution is 2.22. The van der Waals surface area contributed by atoms with Crippen molar-refractivity contribution in [2.75, 3.05) is 12.3 Å². The maximum atomic E-state index is 13.5. The predicted octanol–water partition coefficient (Wildman–Crippen LogP) is 0.602. The van der Waals surface area contributed by atoms with Crippen LogP contribution < -0.4 is 5.14 Å². The lowest BCUT2D eigenvalue weighted by Gasteiger charge is -2.17. The summed E-state index contributed by atoms with van der Waals surface area (Å²) in [4.78, 5) is 13.1. The molecule has 1 aromatic rings. The first-order valence-electron chi connectivity index (χ1n) is 5.97. The second-order valence-electron chi connectivity index (χ2n) is 4.91. The van der Waals surface area contributed by atoms with Crippen molar-refractivity contribution < 1.29 is 22.0 Å². The Morgan fingerprint density at radius 1 is 1.35 bits per heavy atom. The van der Waals surface area contributed by atoms with Crippen molar-refractivity contribution in [3.05, 3.63) is 35.4 Å². The first-order valence-corrected chi connectivity index (χ1v) is 7.68. The molecule has 1 aromatic carbocycles. The average Bonchev–Trinajstić information content (AvgIpc) is 2.62. The van der Waals surface area contributed by atoms with Gasteiger partial charge in [-0.3, -0.25) is 4.79 Å². The van der Waals surface area contributed by atoms with Crippen LogP contribution in [0.4, 0.5) is 8.78 Å². The van der Waals surface area contributed by atoms with Gasteiger partial charge in [0.25, 0.3) is 0 Å². The van der Waals surface area contributed by atoms with Crippen LogP contribution in [0.3, 0.4) is 0 Å². The number of primary sulfonamides is 1. The molecular formula is C12H14F2N2O3S. The summed E-state index contributed by atoms with van der Waals surface area (Å²) in [5.74, 6) is -2.18. The summed E-state index contributed by atoms with van der Waals surface area (Å²) in [5.41, 5.74) is 0.0644. The molecule has 0 aliphatic carbocycles. The molecule has 20 heavy (non-hydrogen) atoms. The van der Waals surface area contributed by atoms with Gasteiger partial charge in [0.2, 0.25) is 15.9 Å². The molecule has 1 aliphatic heterocycles. The molecule has 8 heteroatoms. The van der Waals surface area contributed by atoms with Crippen LogP contribution in [0.25, 0.3) is 0 Å². The Bertz CT molecular complexity index is 634. The second-order valence-corrected chi connectivity index (χ2v) is 6.57. The monoisotopic (exact) mass is 304 g/mol. The lowest BCUT2D eigenvalue weighted by Crippen LogP contribution is -2.27. The minimum atomic E-state index is -3.66. The van der Waals surface area contributed by atoms with Crippen molar-refractivity contribution in [1.82, 2.24) is 4.90 Å². The molecule has 0 bridgehead atoms. The van der Waals surface area contributed by atoms with E-state index in [1.807, 2.05) is 0 Å². The molecule has 1 unspecified atom stereocenters. The zero-order valence-electron chi connectivity index (χ0n) is 10.6. The smallest absolute Gasteiger partial charge is 0.223 e. The van der Waals surface area contributed by atoms with Crippen molar-refractivity contribution in [3.8, 4) is 0 Å². The molecule has 1 heterocycles. The van der Waals surface area contributed by atoms with Crippen LogP contribution in [0, 0.1) is 17.6 Å². The Balaban J connectivity index is 2.07. The SMILES string of the molecule is NS(=O)(=O)CC1CC(=O)N(Cc2cc(F)ccc2F)C1. The van der Waals surface area contributed by atoms with Crippen molar-refractivity contribution >= 4 is 15.9 Å². The number of nitrogens with two attached hydrogens (primary N) is 1. The van der Waals surface area contributed by atoms with E-state index in [0.717, 1.165) is 18.2 Å². The van der Waals surface area contributed by atoms with E-state index in [2.05, 4.69) is 0 Å². The molecular weight excluding hydrogens is 290 g/mol. The molecule has 5 nitrogen and oxygen atoms in total. The minimum absolute atomic E-state index is 0.0490. The number of hydrogen-bond acceptors (Lipinski definition) is 3. The van der Waals surface area contributed by atoms with Gasteiger partial charge in [0.05, 0.1) is 5.75 Å². The molecule has 1 saturated heterocycles. The number of carbonyl (C=O) groups is 1. The van der Waals surface area contributed by atoms with Crippen LogP contribution in [0.2, 0.25) is 0 Å². The molecule has 110 valence electrons. The van der Waals surface area contributed by atoms with Crippen molar-refractivity contribution in [2.45, 2.75) is 13.0 Å². The third-order valence-electron chi connectivity index (χ3n) is 3.13. The largest absolute Gasteiger partial charge is 0.338 e. The summed E-state index contributed by atoms with van der Waals surface area (Å²) >= 11 is 0. The summed E-state index contributed by atoms with van der Waals surface area (Å²) in [7, 11) is -3.66. The Morgan fingerprint density at radius 3 is 2.70 bits per heavy atom. The van der Waals surface area contributed by atoms with Crippen LogP contribution >= 0.6 is 0 Å². The van der Waals surface area contributed by atoms with Crippen molar-refractivity contribution in [3.63, 3.8) is 0 Å². The Kier molecular flexibility index (Phi) is 4.05. The zero-order chi connectivity index (χ0) is 14.9. The predicted molar refractivity (Wildman–Crippen MR) is 67.9 cm³/mol. The molecule has 2 rings (SSSR count). The van der Waals surface area contributed by atoms with E-state index >= 15 is 0 Å². The highest BCUT2D eigenvalue weighted by Gasteiger charge is 2.32. The number of carbonyl (C=O) groups excluding carboxylic acids is 1. The van der Waals surface area contributed by atoms with E-state index in [-0.39, 0.29) is 36.7 Å². The van der Waals surface area contributed by atoms with Gasteiger partial charge in [-0.2, -0.15) is 0 Å². The van der Waals surface area contributed by atoms with E-state index in [1.54, 1.807) is 0 Å². The maximum Gasteiger partial charge on any atom is 0.223 e. The number of benzene rings is 1. The van der Waals surface area contributed by atoms with E-state index < -0.39 is 27.6 Å². The lowest BCUT2D eigenvalue weighted by molar-refractivity contribution is -0.128. The van der Waals surface area contributed by atoms with E-state index in [9.17, 15) is 22.0 Å². The number of nitrogens with zero attached hydrogens (tertiary/aromatic N) is 1. The molecule has 0 saturated carbocycles. The molecule has 0 radical (unpaired) electrons. The molecule has 1 fully saturated rings. The Labute approximate surface area is 115 Å². The average molecular weight is 304 g/mol. The van der Waals surface area contributed by atoms with Gasteiger partial charge in [-0.15, -0.1) is 0 Å². The van der Waals surface area contributed by atoms with Crippen LogP contribution in [-0.2, 0) is 21.4 Å². The standard InChI is InChI=1S/C12H14F2N2O3S/c13-10-1-2-11(14)9(4-10)6-16-5-8(3-12(16)17)7-20(15,18)19/h1-2,4,8H,3,5-7H2,(H2,15,18,19). The fourth-order valence-electron chi connectivity index (χ4n) is 2.32. The molecule has 0 aromatic heterocycles. The highest BCUT2D eigenvalue weighted by atomic mass is 32.2. The first kappa shape index (κ1) is 14.9. The highest BCUT2D eigenvalue weighted by molar-refractivity contribution is 7.89. The Hall–Kier alpha value is -1.54. The summed E-state index contributed by atoms with van der Waals surface area (Å²) in [5, 5.41) is 4.94. The zero-order valence-corrected chi connectivity index (χ0v) is 11.4.